The first kappa shape index (κ1) is 21.1. The van der Waals surface area contributed by atoms with Crippen LogP contribution >= 0.6 is 0 Å². The lowest BCUT2D eigenvalue weighted by molar-refractivity contribution is -0.117. The molecule has 0 saturated carbocycles. The Hall–Kier alpha value is -2.22. The summed E-state index contributed by atoms with van der Waals surface area (Å²) in [5.74, 6) is 0.303. The molecule has 0 bridgehead atoms. The predicted molar refractivity (Wildman–Crippen MR) is 108 cm³/mol. The molecule has 0 saturated heterocycles. The van der Waals surface area contributed by atoms with Gasteiger partial charge in [-0.05, 0) is 55.2 Å². The second kappa shape index (κ2) is 8.65. The molecule has 0 aliphatic carbocycles. The fraction of sp³-hybridized carbons (Fsp3) is 0.350. The zero-order valence-electron chi connectivity index (χ0n) is 16.1. The molecule has 2 rings (SSSR count). The third-order valence-electron chi connectivity index (χ3n) is 4.45. The number of hydrogen-bond acceptors (Lipinski definition) is 4. The summed E-state index contributed by atoms with van der Waals surface area (Å²) in [6.07, 6.45) is 0. The Morgan fingerprint density at radius 1 is 0.889 bits per heavy atom. The van der Waals surface area contributed by atoms with Crippen LogP contribution < -0.4 is 15.8 Å². The minimum atomic E-state index is -3.71. The monoisotopic (exact) mass is 389 g/mol. The molecule has 4 N–H and O–H groups in total. The van der Waals surface area contributed by atoms with Crippen molar-refractivity contribution in [1.29, 1.82) is 0 Å². The van der Waals surface area contributed by atoms with Crippen molar-refractivity contribution in [3.63, 3.8) is 0 Å². The summed E-state index contributed by atoms with van der Waals surface area (Å²) in [6, 6.07) is 13.5. The topological polar surface area (TPSA) is 101 Å². The molecule has 2 atom stereocenters. The van der Waals surface area contributed by atoms with E-state index in [1.54, 1.807) is 19.1 Å². The lowest BCUT2D eigenvalue weighted by atomic mass is 10.0. The van der Waals surface area contributed by atoms with Crippen LogP contribution in [0.3, 0.4) is 0 Å². The van der Waals surface area contributed by atoms with Crippen molar-refractivity contribution in [2.24, 2.45) is 5.14 Å². The SMILES string of the molecule is CC(C)c1ccc(NC(=O)[C@H](C)N[C@@H](C)c2ccc(S(N)(=O)=O)cc2)cc1. The van der Waals surface area contributed by atoms with E-state index in [0.29, 0.717) is 5.92 Å². The second-order valence-corrected chi connectivity index (χ2v) is 8.55. The van der Waals surface area contributed by atoms with Crippen molar-refractivity contribution in [1.82, 2.24) is 5.32 Å². The average molecular weight is 390 g/mol. The number of primary sulfonamides is 1. The maximum Gasteiger partial charge on any atom is 0.241 e. The first-order chi connectivity index (χ1) is 12.6. The van der Waals surface area contributed by atoms with Crippen molar-refractivity contribution < 1.29 is 13.2 Å². The molecule has 7 heteroatoms. The molecular formula is C20H27N3O3S. The number of rotatable bonds is 7. The van der Waals surface area contributed by atoms with Crippen molar-refractivity contribution in [2.75, 3.05) is 5.32 Å². The Bertz CT molecular complexity index is 876. The van der Waals surface area contributed by atoms with Gasteiger partial charge >= 0.3 is 0 Å². The summed E-state index contributed by atoms with van der Waals surface area (Å²) in [5.41, 5.74) is 2.84. The van der Waals surface area contributed by atoms with Crippen LogP contribution in [0.5, 0.6) is 0 Å². The van der Waals surface area contributed by atoms with E-state index in [9.17, 15) is 13.2 Å². The summed E-state index contributed by atoms with van der Waals surface area (Å²) in [6.45, 7) is 7.94. The Kier molecular flexibility index (Phi) is 6.75. The summed E-state index contributed by atoms with van der Waals surface area (Å²) < 4.78 is 22.6. The minimum Gasteiger partial charge on any atom is -0.325 e. The average Bonchev–Trinajstić information content (AvgIpc) is 2.61. The number of anilines is 1. The Balaban J connectivity index is 1.96. The van der Waals surface area contributed by atoms with Crippen molar-refractivity contribution in [3.8, 4) is 0 Å². The van der Waals surface area contributed by atoms with Gasteiger partial charge in [0.1, 0.15) is 0 Å². The number of amides is 1. The fourth-order valence-electron chi connectivity index (χ4n) is 2.69. The second-order valence-electron chi connectivity index (χ2n) is 6.99. The number of hydrogen-bond donors (Lipinski definition) is 3. The fourth-order valence-corrected chi connectivity index (χ4v) is 3.21. The van der Waals surface area contributed by atoms with E-state index in [2.05, 4.69) is 24.5 Å². The number of nitrogens with one attached hydrogen (secondary N) is 2. The van der Waals surface area contributed by atoms with Gasteiger partial charge in [-0.25, -0.2) is 13.6 Å². The van der Waals surface area contributed by atoms with E-state index in [4.69, 9.17) is 5.14 Å². The molecule has 0 fully saturated rings. The Labute approximate surface area is 161 Å². The van der Waals surface area contributed by atoms with E-state index in [1.165, 1.54) is 17.7 Å². The summed E-state index contributed by atoms with van der Waals surface area (Å²) in [4.78, 5) is 12.5. The van der Waals surface area contributed by atoms with E-state index < -0.39 is 16.1 Å². The lowest BCUT2D eigenvalue weighted by Gasteiger charge is -2.20. The summed E-state index contributed by atoms with van der Waals surface area (Å²) in [5, 5.41) is 11.2. The van der Waals surface area contributed by atoms with Crippen LogP contribution in [0, 0.1) is 0 Å². The number of carbonyl (C=O) groups is 1. The third-order valence-corrected chi connectivity index (χ3v) is 5.38. The van der Waals surface area contributed by atoms with Gasteiger partial charge in [0.2, 0.25) is 15.9 Å². The van der Waals surface area contributed by atoms with Crippen LogP contribution in [-0.2, 0) is 14.8 Å². The molecule has 0 spiro atoms. The van der Waals surface area contributed by atoms with Gasteiger partial charge in [0.15, 0.2) is 0 Å². The van der Waals surface area contributed by atoms with Gasteiger partial charge in [-0.2, -0.15) is 0 Å². The number of nitrogens with two attached hydrogens (primary N) is 1. The van der Waals surface area contributed by atoms with E-state index in [1.807, 2.05) is 31.2 Å². The largest absolute Gasteiger partial charge is 0.325 e. The standard InChI is InChI=1S/C20H27N3O3S/c1-13(2)16-5-9-18(10-6-16)23-20(24)15(4)22-14(3)17-7-11-19(12-8-17)27(21,25)26/h5-15,22H,1-4H3,(H,23,24)(H2,21,25,26)/t14-,15-/m0/s1. The Morgan fingerprint density at radius 2 is 1.41 bits per heavy atom. The summed E-state index contributed by atoms with van der Waals surface area (Å²) >= 11 is 0. The molecule has 0 aromatic heterocycles. The maximum atomic E-state index is 12.4. The zero-order valence-corrected chi connectivity index (χ0v) is 16.9. The molecule has 146 valence electrons. The zero-order chi connectivity index (χ0) is 20.2. The van der Waals surface area contributed by atoms with Gasteiger partial charge in [-0.1, -0.05) is 38.1 Å². The molecule has 2 aromatic carbocycles. The highest BCUT2D eigenvalue weighted by Crippen LogP contribution is 2.18. The maximum absolute atomic E-state index is 12.4. The van der Waals surface area contributed by atoms with Gasteiger partial charge in [-0.15, -0.1) is 0 Å². The van der Waals surface area contributed by atoms with Crippen LogP contribution in [0.25, 0.3) is 0 Å². The molecule has 0 aliphatic heterocycles. The predicted octanol–water partition coefficient (Wildman–Crippen LogP) is 3.14. The van der Waals surface area contributed by atoms with Crippen LogP contribution in [0.1, 0.15) is 50.8 Å². The first-order valence-electron chi connectivity index (χ1n) is 8.87. The van der Waals surface area contributed by atoms with Gasteiger partial charge in [0.05, 0.1) is 10.9 Å². The molecule has 0 heterocycles. The minimum absolute atomic E-state index is 0.0640. The summed E-state index contributed by atoms with van der Waals surface area (Å²) in [7, 11) is -3.71. The number of benzene rings is 2. The highest BCUT2D eigenvalue weighted by atomic mass is 32.2. The lowest BCUT2D eigenvalue weighted by Crippen LogP contribution is -2.39. The molecule has 0 radical (unpaired) electrons. The van der Waals surface area contributed by atoms with Gasteiger partial charge < -0.3 is 5.32 Å². The first-order valence-corrected chi connectivity index (χ1v) is 10.4. The highest BCUT2D eigenvalue weighted by molar-refractivity contribution is 7.89. The van der Waals surface area contributed by atoms with Crippen LogP contribution in [0.15, 0.2) is 53.4 Å². The van der Waals surface area contributed by atoms with Gasteiger partial charge in [-0.3, -0.25) is 10.1 Å². The molecule has 2 aromatic rings. The van der Waals surface area contributed by atoms with Crippen molar-refractivity contribution in [3.05, 3.63) is 59.7 Å². The van der Waals surface area contributed by atoms with E-state index in [0.717, 1.165) is 11.3 Å². The van der Waals surface area contributed by atoms with Crippen LogP contribution in [0.4, 0.5) is 5.69 Å². The van der Waals surface area contributed by atoms with Gasteiger partial charge in [0.25, 0.3) is 0 Å². The molecule has 1 amide bonds. The molecular weight excluding hydrogens is 362 g/mol. The van der Waals surface area contributed by atoms with Crippen LogP contribution in [0.2, 0.25) is 0 Å². The van der Waals surface area contributed by atoms with Crippen molar-refractivity contribution in [2.45, 2.75) is 50.6 Å². The smallest absolute Gasteiger partial charge is 0.241 e. The Morgan fingerprint density at radius 3 is 1.89 bits per heavy atom. The highest BCUT2D eigenvalue weighted by Gasteiger charge is 2.17. The molecule has 6 nitrogen and oxygen atoms in total. The van der Waals surface area contributed by atoms with Crippen molar-refractivity contribution >= 4 is 21.6 Å². The van der Waals surface area contributed by atoms with E-state index in [-0.39, 0.29) is 16.8 Å². The third kappa shape index (κ3) is 5.89. The van der Waals surface area contributed by atoms with Gasteiger partial charge in [0, 0.05) is 11.7 Å². The van der Waals surface area contributed by atoms with Crippen LogP contribution in [-0.4, -0.2) is 20.4 Å². The quantitative estimate of drug-likeness (QED) is 0.677. The molecule has 27 heavy (non-hydrogen) atoms. The molecule has 0 aliphatic rings. The van der Waals surface area contributed by atoms with E-state index >= 15 is 0 Å². The number of carbonyl (C=O) groups excluding carboxylic acids is 1. The molecule has 0 unspecified atom stereocenters. The number of sulfonamides is 1. The normalized spacial score (nSPS) is 14.0.